The van der Waals surface area contributed by atoms with Crippen LogP contribution in [-0.2, 0) is 10.0 Å². The van der Waals surface area contributed by atoms with E-state index in [0.717, 1.165) is 18.2 Å². The lowest BCUT2D eigenvalue weighted by Crippen LogP contribution is -2.46. The van der Waals surface area contributed by atoms with Crippen molar-refractivity contribution in [3.63, 3.8) is 0 Å². The minimum absolute atomic E-state index is 0.0415. The number of nitro groups is 2. The molecular weight excluding hydrogens is 392 g/mol. The summed E-state index contributed by atoms with van der Waals surface area (Å²) in [5, 5.41) is 25.1. The topological polar surface area (TPSA) is 145 Å². The second-order valence-corrected chi connectivity index (χ2v) is 7.81. The molecule has 1 saturated heterocycles. The molecule has 11 nitrogen and oxygen atoms in total. The number of hydrogen-bond donors (Lipinski definition) is 1. The van der Waals surface area contributed by atoms with E-state index in [9.17, 15) is 28.6 Å². The Morgan fingerprint density at radius 3 is 2.25 bits per heavy atom. The van der Waals surface area contributed by atoms with Gasteiger partial charge in [-0.3, -0.25) is 20.2 Å². The average molecular weight is 408 g/mol. The van der Waals surface area contributed by atoms with Crippen molar-refractivity contribution in [3.8, 4) is 11.5 Å². The Morgan fingerprint density at radius 1 is 0.964 bits per heavy atom. The molecule has 0 amide bonds. The number of hydrogen-bond acceptors (Lipinski definition) is 8. The van der Waals surface area contributed by atoms with Crippen molar-refractivity contribution in [2.45, 2.75) is 4.90 Å². The van der Waals surface area contributed by atoms with Gasteiger partial charge >= 0.3 is 0 Å². The summed E-state index contributed by atoms with van der Waals surface area (Å²) in [6.45, 7) is 1.33. The zero-order valence-corrected chi connectivity index (χ0v) is 15.3. The Kier molecular flexibility index (Phi) is 5.53. The third kappa shape index (κ3) is 4.08. The lowest BCUT2D eigenvalue weighted by atomic mass is 10.3. The standard InChI is InChI=1S/C16H16N4O7S/c21-19(22)12-2-1-3-14(10-12)27-15-5-4-13(20(23)24)11-16(15)28(25,26)18-8-6-17-7-9-18/h1-5,10-11,17H,6-9H2. The summed E-state index contributed by atoms with van der Waals surface area (Å²) in [4.78, 5) is 20.4. The number of ether oxygens (including phenoxy) is 1. The third-order valence-corrected chi connectivity index (χ3v) is 6.01. The maximum absolute atomic E-state index is 13.0. The normalized spacial score (nSPS) is 15.1. The van der Waals surface area contributed by atoms with Gasteiger partial charge in [0.1, 0.15) is 16.4 Å². The monoisotopic (exact) mass is 408 g/mol. The number of nitrogens with one attached hydrogen (secondary N) is 1. The van der Waals surface area contributed by atoms with Gasteiger partial charge in [-0.25, -0.2) is 8.42 Å². The van der Waals surface area contributed by atoms with Crippen LogP contribution in [0.3, 0.4) is 0 Å². The predicted molar refractivity (Wildman–Crippen MR) is 97.9 cm³/mol. The molecule has 1 N–H and O–H groups in total. The molecular formula is C16H16N4O7S. The fraction of sp³-hybridized carbons (Fsp3) is 0.250. The summed E-state index contributed by atoms with van der Waals surface area (Å²) in [6.07, 6.45) is 0. The Morgan fingerprint density at radius 2 is 1.61 bits per heavy atom. The molecule has 0 radical (unpaired) electrons. The summed E-state index contributed by atoms with van der Waals surface area (Å²) in [5.74, 6) is -0.107. The molecule has 0 aliphatic carbocycles. The van der Waals surface area contributed by atoms with Gasteiger partial charge in [0.25, 0.3) is 11.4 Å². The van der Waals surface area contributed by atoms with Gasteiger partial charge in [0.2, 0.25) is 10.0 Å². The predicted octanol–water partition coefficient (Wildman–Crippen LogP) is 1.89. The zero-order valence-electron chi connectivity index (χ0n) is 14.5. The van der Waals surface area contributed by atoms with E-state index in [1.165, 1.54) is 28.6 Å². The van der Waals surface area contributed by atoms with Crippen molar-refractivity contribution < 1.29 is 23.0 Å². The van der Waals surface area contributed by atoms with Crippen LogP contribution in [0, 0.1) is 20.2 Å². The van der Waals surface area contributed by atoms with E-state index in [-0.39, 0.29) is 35.2 Å². The van der Waals surface area contributed by atoms with E-state index in [1.807, 2.05) is 0 Å². The van der Waals surface area contributed by atoms with Gasteiger partial charge in [0.05, 0.1) is 15.9 Å². The molecule has 0 spiro atoms. The Bertz CT molecular complexity index is 1020. The molecule has 148 valence electrons. The fourth-order valence-corrected chi connectivity index (χ4v) is 4.28. The molecule has 1 fully saturated rings. The van der Waals surface area contributed by atoms with Gasteiger partial charge in [-0.05, 0) is 12.1 Å². The highest BCUT2D eigenvalue weighted by molar-refractivity contribution is 7.89. The second kappa shape index (κ2) is 7.88. The molecule has 2 aromatic carbocycles. The summed E-state index contributed by atoms with van der Waals surface area (Å²) in [5.41, 5.74) is -0.633. The van der Waals surface area contributed by atoms with E-state index < -0.39 is 25.6 Å². The molecule has 1 heterocycles. The lowest BCUT2D eigenvalue weighted by Gasteiger charge is -2.27. The van der Waals surface area contributed by atoms with Gasteiger partial charge in [0.15, 0.2) is 0 Å². The summed E-state index contributed by atoms with van der Waals surface area (Å²) < 4.78 is 32.8. The van der Waals surface area contributed by atoms with Gasteiger partial charge in [-0.1, -0.05) is 6.07 Å². The van der Waals surface area contributed by atoms with Crippen molar-refractivity contribution in [2.24, 2.45) is 0 Å². The molecule has 0 bridgehead atoms. The van der Waals surface area contributed by atoms with Crippen LogP contribution in [-0.4, -0.2) is 48.7 Å². The molecule has 0 unspecified atom stereocenters. The maximum Gasteiger partial charge on any atom is 0.273 e. The Balaban J connectivity index is 2.04. The smallest absolute Gasteiger partial charge is 0.273 e. The SMILES string of the molecule is O=[N+]([O-])c1cccc(Oc2ccc([N+](=O)[O-])cc2S(=O)(=O)N2CCNCC2)c1. The molecule has 0 aromatic heterocycles. The molecule has 1 aliphatic rings. The lowest BCUT2D eigenvalue weighted by molar-refractivity contribution is -0.385. The minimum atomic E-state index is -4.07. The first kappa shape index (κ1) is 19.7. The Labute approximate surface area is 159 Å². The third-order valence-electron chi connectivity index (χ3n) is 4.09. The zero-order chi connectivity index (χ0) is 20.3. The van der Waals surface area contributed by atoms with Crippen molar-refractivity contribution in [3.05, 3.63) is 62.7 Å². The summed E-state index contributed by atoms with van der Waals surface area (Å²) >= 11 is 0. The first-order valence-electron chi connectivity index (χ1n) is 8.20. The average Bonchev–Trinajstić information content (AvgIpc) is 2.69. The molecule has 0 saturated carbocycles. The first-order chi connectivity index (χ1) is 13.3. The largest absolute Gasteiger partial charge is 0.456 e. The number of rotatable bonds is 6. The molecule has 0 atom stereocenters. The summed E-state index contributed by atoms with van der Waals surface area (Å²) in [6, 6.07) is 8.45. The van der Waals surface area contributed by atoms with Gasteiger partial charge in [-0.2, -0.15) is 4.31 Å². The first-order valence-corrected chi connectivity index (χ1v) is 9.64. The van der Waals surface area contributed by atoms with E-state index in [4.69, 9.17) is 4.74 Å². The number of benzene rings is 2. The van der Waals surface area contributed by atoms with Crippen LogP contribution in [0.1, 0.15) is 0 Å². The molecule has 12 heteroatoms. The molecule has 1 aliphatic heterocycles. The number of nitro benzene ring substituents is 2. The number of nitrogens with zero attached hydrogens (tertiary/aromatic N) is 3. The van der Waals surface area contributed by atoms with Crippen molar-refractivity contribution in [2.75, 3.05) is 26.2 Å². The molecule has 28 heavy (non-hydrogen) atoms. The van der Waals surface area contributed by atoms with Gasteiger partial charge < -0.3 is 10.1 Å². The van der Waals surface area contributed by atoms with Crippen LogP contribution >= 0.6 is 0 Å². The molecule has 3 rings (SSSR count). The van der Waals surface area contributed by atoms with Crippen molar-refractivity contribution >= 4 is 21.4 Å². The quantitative estimate of drug-likeness (QED) is 0.563. The number of non-ortho nitro benzene ring substituents is 2. The Hall–Kier alpha value is -3.09. The van der Waals surface area contributed by atoms with E-state index >= 15 is 0 Å². The maximum atomic E-state index is 13.0. The van der Waals surface area contributed by atoms with Gasteiger partial charge in [0, 0.05) is 44.4 Å². The van der Waals surface area contributed by atoms with Crippen LogP contribution in [0.2, 0.25) is 0 Å². The van der Waals surface area contributed by atoms with Gasteiger partial charge in [-0.15, -0.1) is 0 Å². The fourth-order valence-electron chi connectivity index (χ4n) is 2.71. The number of piperazine rings is 1. The van der Waals surface area contributed by atoms with Crippen LogP contribution in [0.5, 0.6) is 11.5 Å². The second-order valence-electron chi connectivity index (χ2n) is 5.90. The van der Waals surface area contributed by atoms with Crippen LogP contribution < -0.4 is 10.1 Å². The minimum Gasteiger partial charge on any atom is -0.456 e. The van der Waals surface area contributed by atoms with Crippen LogP contribution in [0.4, 0.5) is 11.4 Å². The van der Waals surface area contributed by atoms with Crippen LogP contribution in [0.15, 0.2) is 47.4 Å². The van der Waals surface area contributed by atoms with Crippen LogP contribution in [0.25, 0.3) is 0 Å². The van der Waals surface area contributed by atoms with Crippen molar-refractivity contribution in [1.29, 1.82) is 0 Å². The van der Waals surface area contributed by atoms with Crippen molar-refractivity contribution in [1.82, 2.24) is 9.62 Å². The van der Waals surface area contributed by atoms with E-state index in [0.29, 0.717) is 13.1 Å². The summed E-state index contributed by atoms with van der Waals surface area (Å²) in [7, 11) is -4.07. The highest BCUT2D eigenvalue weighted by atomic mass is 32.2. The highest BCUT2D eigenvalue weighted by Gasteiger charge is 2.31. The van der Waals surface area contributed by atoms with E-state index in [1.54, 1.807) is 0 Å². The van der Waals surface area contributed by atoms with E-state index in [2.05, 4.69) is 5.32 Å². The molecule has 2 aromatic rings. The highest BCUT2D eigenvalue weighted by Crippen LogP contribution is 2.34. The number of sulfonamides is 1.